The van der Waals surface area contributed by atoms with Crippen molar-refractivity contribution in [2.24, 2.45) is 5.92 Å². The predicted octanol–water partition coefficient (Wildman–Crippen LogP) is 10.5. The summed E-state index contributed by atoms with van der Waals surface area (Å²) in [4.78, 5) is 0. The summed E-state index contributed by atoms with van der Waals surface area (Å²) in [5.74, 6) is 1.22. The van der Waals surface area contributed by atoms with Crippen molar-refractivity contribution >= 4 is 0 Å². The maximum atomic E-state index is 15.1. The Morgan fingerprint density at radius 3 is 2.16 bits per heavy atom. The molecule has 1 aliphatic rings. The first-order valence-electron chi connectivity index (χ1n) is 14.4. The lowest BCUT2D eigenvalue weighted by Crippen LogP contribution is -2.11. The molecular formula is C35H43FO. The summed E-state index contributed by atoms with van der Waals surface area (Å²) < 4.78 is 20.9. The van der Waals surface area contributed by atoms with Crippen LogP contribution in [0.5, 0.6) is 0 Å². The predicted molar refractivity (Wildman–Crippen MR) is 155 cm³/mol. The van der Waals surface area contributed by atoms with Gasteiger partial charge in [-0.05, 0) is 84.2 Å². The second kappa shape index (κ2) is 14.3. The summed E-state index contributed by atoms with van der Waals surface area (Å²) in [7, 11) is 0. The molecule has 3 aromatic carbocycles. The van der Waals surface area contributed by atoms with Gasteiger partial charge in [0.1, 0.15) is 5.82 Å². The van der Waals surface area contributed by atoms with E-state index in [0.717, 1.165) is 41.2 Å². The van der Waals surface area contributed by atoms with Gasteiger partial charge in [-0.3, -0.25) is 0 Å². The Morgan fingerprint density at radius 2 is 1.49 bits per heavy atom. The molecule has 0 heterocycles. The zero-order chi connectivity index (χ0) is 25.9. The van der Waals surface area contributed by atoms with Gasteiger partial charge in [0.05, 0.1) is 6.61 Å². The van der Waals surface area contributed by atoms with Crippen molar-refractivity contribution < 1.29 is 9.13 Å². The van der Waals surface area contributed by atoms with E-state index in [1.54, 1.807) is 6.07 Å². The van der Waals surface area contributed by atoms with E-state index in [-0.39, 0.29) is 5.82 Å². The van der Waals surface area contributed by atoms with E-state index in [4.69, 9.17) is 4.74 Å². The minimum Gasteiger partial charge on any atom is -0.377 e. The van der Waals surface area contributed by atoms with Gasteiger partial charge < -0.3 is 4.74 Å². The van der Waals surface area contributed by atoms with Gasteiger partial charge in [-0.15, -0.1) is 0 Å². The molecule has 1 aliphatic carbocycles. The first kappa shape index (κ1) is 27.3. The van der Waals surface area contributed by atoms with Crippen LogP contribution in [0.4, 0.5) is 4.39 Å². The fourth-order valence-electron chi connectivity index (χ4n) is 5.40. The highest BCUT2D eigenvalue weighted by atomic mass is 19.1. The normalized spacial score (nSPS) is 17.9. The summed E-state index contributed by atoms with van der Waals surface area (Å²) in [6.45, 7) is 5.84. The molecule has 0 saturated heterocycles. The average Bonchev–Trinajstić information content (AvgIpc) is 2.94. The van der Waals surface area contributed by atoms with Crippen LogP contribution in [0, 0.1) is 11.7 Å². The second-order valence-electron chi connectivity index (χ2n) is 10.6. The fourth-order valence-corrected chi connectivity index (χ4v) is 5.40. The number of hydrogen-bond acceptors (Lipinski definition) is 1. The molecule has 1 saturated carbocycles. The second-order valence-corrected chi connectivity index (χ2v) is 10.6. The lowest BCUT2D eigenvalue weighted by molar-refractivity contribution is 0.117. The van der Waals surface area contributed by atoms with Crippen LogP contribution < -0.4 is 0 Å². The van der Waals surface area contributed by atoms with Crippen molar-refractivity contribution in [3.63, 3.8) is 0 Å². The maximum Gasteiger partial charge on any atom is 0.131 e. The quantitative estimate of drug-likeness (QED) is 0.178. The molecule has 37 heavy (non-hydrogen) atoms. The highest BCUT2D eigenvalue weighted by Gasteiger charge is 2.20. The van der Waals surface area contributed by atoms with Crippen LogP contribution in [0.1, 0.15) is 88.7 Å². The SMILES string of the molecule is CCC/C=C/C1CCC(c2ccc(-c3ccc(-c4ccc(COCCCCC)cc4)c(F)c3)cc2)CC1. The summed E-state index contributed by atoms with van der Waals surface area (Å²) in [6, 6.07) is 22.5. The lowest BCUT2D eigenvalue weighted by atomic mass is 9.78. The van der Waals surface area contributed by atoms with Gasteiger partial charge in [-0.1, -0.05) is 106 Å². The third kappa shape index (κ3) is 7.89. The molecule has 2 heteroatoms. The summed E-state index contributed by atoms with van der Waals surface area (Å²) in [6.07, 6.45) is 15.8. The molecule has 0 N–H and O–H groups in total. The Bertz CT molecular complexity index is 1110. The first-order valence-corrected chi connectivity index (χ1v) is 14.4. The average molecular weight is 499 g/mol. The molecule has 0 aromatic heterocycles. The van der Waals surface area contributed by atoms with Crippen molar-refractivity contribution in [1.29, 1.82) is 0 Å². The molecule has 0 spiro atoms. The van der Waals surface area contributed by atoms with E-state index in [1.165, 1.54) is 56.9 Å². The van der Waals surface area contributed by atoms with Gasteiger partial charge in [0.2, 0.25) is 0 Å². The van der Waals surface area contributed by atoms with Crippen molar-refractivity contribution in [2.75, 3.05) is 6.61 Å². The van der Waals surface area contributed by atoms with Crippen molar-refractivity contribution in [3.05, 3.63) is 95.8 Å². The third-order valence-corrected chi connectivity index (χ3v) is 7.75. The molecule has 0 bridgehead atoms. The fraction of sp³-hybridized carbons (Fsp3) is 0.429. The molecule has 0 atom stereocenters. The Labute approximate surface area is 223 Å². The number of halogens is 1. The minimum atomic E-state index is -0.181. The minimum absolute atomic E-state index is 0.181. The molecule has 0 amide bonds. The lowest BCUT2D eigenvalue weighted by Gasteiger charge is -2.27. The van der Waals surface area contributed by atoms with Crippen LogP contribution in [0.3, 0.4) is 0 Å². The number of unbranched alkanes of at least 4 members (excludes halogenated alkanes) is 3. The Balaban J connectivity index is 1.34. The standard InChI is InChI=1S/C35H43FO/c1-3-5-7-9-27-10-14-29(15-11-27)30-18-20-31(21-19-30)33-22-23-34(35(36)25-33)32-16-12-28(13-17-32)26-37-24-8-6-4-2/h7,9,12-13,16-23,25,27,29H,3-6,8,10-11,14-15,24,26H2,1-2H3/b9-7+. The van der Waals surface area contributed by atoms with Gasteiger partial charge >= 0.3 is 0 Å². The van der Waals surface area contributed by atoms with E-state index in [2.05, 4.69) is 50.3 Å². The van der Waals surface area contributed by atoms with Gasteiger partial charge in [-0.25, -0.2) is 4.39 Å². The Morgan fingerprint density at radius 1 is 0.784 bits per heavy atom. The highest BCUT2D eigenvalue weighted by Crippen LogP contribution is 2.37. The van der Waals surface area contributed by atoms with Gasteiger partial charge in [0, 0.05) is 12.2 Å². The molecule has 0 unspecified atom stereocenters. The molecule has 0 aliphatic heterocycles. The molecule has 0 radical (unpaired) electrons. The van der Waals surface area contributed by atoms with Gasteiger partial charge in [-0.2, -0.15) is 0 Å². The van der Waals surface area contributed by atoms with E-state index >= 15 is 4.39 Å². The van der Waals surface area contributed by atoms with Crippen LogP contribution in [0.2, 0.25) is 0 Å². The number of hydrogen-bond donors (Lipinski definition) is 0. The monoisotopic (exact) mass is 498 g/mol. The van der Waals surface area contributed by atoms with E-state index < -0.39 is 0 Å². The summed E-state index contributed by atoms with van der Waals surface area (Å²) in [5, 5.41) is 0. The molecule has 1 fully saturated rings. The summed E-state index contributed by atoms with van der Waals surface area (Å²) >= 11 is 0. The number of rotatable bonds is 12. The molecule has 196 valence electrons. The maximum absolute atomic E-state index is 15.1. The van der Waals surface area contributed by atoms with E-state index in [9.17, 15) is 0 Å². The molecule has 1 nitrogen and oxygen atoms in total. The number of benzene rings is 3. The molecule has 3 aromatic rings. The smallest absolute Gasteiger partial charge is 0.131 e. The van der Waals surface area contributed by atoms with E-state index in [1.807, 2.05) is 36.4 Å². The van der Waals surface area contributed by atoms with Crippen molar-refractivity contribution in [1.82, 2.24) is 0 Å². The largest absolute Gasteiger partial charge is 0.377 e. The topological polar surface area (TPSA) is 9.23 Å². The van der Waals surface area contributed by atoms with E-state index in [0.29, 0.717) is 18.1 Å². The molecular weight excluding hydrogens is 455 g/mol. The van der Waals surface area contributed by atoms with Crippen LogP contribution in [-0.4, -0.2) is 6.61 Å². The zero-order valence-electron chi connectivity index (χ0n) is 22.7. The van der Waals surface area contributed by atoms with Crippen LogP contribution in [0.25, 0.3) is 22.3 Å². The molecule has 4 rings (SSSR count). The summed E-state index contributed by atoms with van der Waals surface area (Å²) in [5.41, 5.74) is 6.08. The van der Waals surface area contributed by atoms with Gasteiger partial charge in [0.15, 0.2) is 0 Å². The van der Waals surface area contributed by atoms with Crippen LogP contribution in [-0.2, 0) is 11.3 Å². The van der Waals surface area contributed by atoms with Gasteiger partial charge in [0.25, 0.3) is 0 Å². The first-order chi connectivity index (χ1) is 18.2. The van der Waals surface area contributed by atoms with Crippen LogP contribution >= 0.6 is 0 Å². The zero-order valence-corrected chi connectivity index (χ0v) is 22.7. The van der Waals surface area contributed by atoms with Crippen molar-refractivity contribution in [2.45, 2.75) is 84.2 Å². The number of allylic oxidation sites excluding steroid dienone is 2. The number of ether oxygens (including phenoxy) is 1. The Kier molecular flexibility index (Phi) is 10.6. The van der Waals surface area contributed by atoms with Crippen molar-refractivity contribution in [3.8, 4) is 22.3 Å². The Hall–Kier alpha value is -2.71. The third-order valence-electron chi connectivity index (χ3n) is 7.75. The van der Waals surface area contributed by atoms with Crippen LogP contribution in [0.15, 0.2) is 78.9 Å². The highest BCUT2D eigenvalue weighted by molar-refractivity contribution is 5.71.